The van der Waals surface area contributed by atoms with Crippen LogP contribution in [0.4, 0.5) is 11.4 Å². The summed E-state index contributed by atoms with van der Waals surface area (Å²) < 4.78 is 24.9. The van der Waals surface area contributed by atoms with Crippen molar-refractivity contribution in [3.05, 3.63) is 58.6 Å². The van der Waals surface area contributed by atoms with Gasteiger partial charge in [-0.1, -0.05) is 23.7 Å². The molecule has 0 spiro atoms. The molecule has 144 valence electrons. The van der Waals surface area contributed by atoms with Crippen molar-refractivity contribution in [2.75, 3.05) is 29.0 Å². The van der Waals surface area contributed by atoms with Crippen LogP contribution in [0.2, 0.25) is 5.02 Å². The molecule has 0 atom stereocenters. The van der Waals surface area contributed by atoms with Crippen molar-refractivity contribution in [1.29, 1.82) is 0 Å². The number of amides is 1. The van der Waals surface area contributed by atoms with Crippen molar-refractivity contribution in [3.63, 3.8) is 0 Å². The van der Waals surface area contributed by atoms with Gasteiger partial charge in [0.2, 0.25) is 10.0 Å². The molecular weight excluding hydrogens is 386 g/mol. The van der Waals surface area contributed by atoms with Crippen LogP contribution >= 0.6 is 11.6 Å². The van der Waals surface area contributed by atoms with E-state index < -0.39 is 10.0 Å². The Morgan fingerprint density at radius 1 is 1.11 bits per heavy atom. The molecule has 1 fully saturated rings. The van der Waals surface area contributed by atoms with Crippen LogP contribution in [-0.4, -0.2) is 33.7 Å². The summed E-state index contributed by atoms with van der Waals surface area (Å²) in [7, 11) is -3.43. The molecule has 0 radical (unpaired) electrons. The van der Waals surface area contributed by atoms with Gasteiger partial charge in [0.15, 0.2) is 0 Å². The summed E-state index contributed by atoms with van der Waals surface area (Å²) in [6.45, 7) is 2.60. The summed E-state index contributed by atoms with van der Waals surface area (Å²) in [4.78, 5) is 14.7. The fourth-order valence-corrected chi connectivity index (χ4v) is 3.88. The van der Waals surface area contributed by atoms with Gasteiger partial charge in [0, 0.05) is 30.9 Å². The van der Waals surface area contributed by atoms with Crippen molar-refractivity contribution in [1.82, 2.24) is 5.32 Å². The van der Waals surface area contributed by atoms with E-state index in [0.717, 1.165) is 24.9 Å². The van der Waals surface area contributed by atoms with E-state index in [2.05, 4.69) is 27.1 Å². The van der Waals surface area contributed by atoms with Gasteiger partial charge in [0.25, 0.3) is 5.91 Å². The highest BCUT2D eigenvalue weighted by Gasteiger charge is 2.13. The summed E-state index contributed by atoms with van der Waals surface area (Å²) in [6, 6.07) is 12.6. The zero-order valence-corrected chi connectivity index (χ0v) is 16.6. The molecule has 27 heavy (non-hydrogen) atoms. The third kappa shape index (κ3) is 5.37. The van der Waals surface area contributed by atoms with Crippen LogP contribution in [-0.2, 0) is 16.6 Å². The second-order valence-electron chi connectivity index (χ2n) is 6.61. The number of carbonyl (C=O) groups excluding carboxylic acids is 1. The van der Waals surface area contributed by atoms with E-state index in [0.29, 0.717) is 12.1 Å². The number of hydrogen-bond acceptors (Lipinski definition) is 4. The van der Waals surface area contributed by atoms with Crippen LogP contribution in [0, 0.1) is 0 Å². The maximum atomic E-state index is 12.3. The van der Waals surface area contributed by atoms with Gasteiger partial charge in [-0.2, -0.15) is 0 Å². The van der Waals surface area contributed by atoms with Crippen LogP contribution in [0.1, 0.15) is 28.8 Å². The fraction of sp³-hybridized carbons (Fsp3) is 0.316. The fourth-order valence-electron chi connectivity index (χ4n) is 3.02. The smallest absolute Gasteiger partial charge is 0.251 e. The molecular formula is C19H22ClN3O3S. The lowest BCUT2D eigenvalue weighted by molar-refractivity contribution is 0.0951. The van der Waals surface area contributed by atoms with Crippen LogP contribution in [0.15, 0.2) is 42.5 Å². The number of benzene rings is 2. The molecule has 1 aliphatic heterocycles. The number of nitrogens with one attached hydrogen (secondary N) is 2. The van der Waals surface area contributed by atoms with Crippen LogP contribution in [0.5, 0.6) is 0 Å². The van der Waals surface area contributed by atoms with Crippen LogP contribution in [0.25, 0.3) is 0 Å². The Balaban J connectivity index is 1.59. The van der Waals surface area contributed by atoms with Gasteiger partial charge in [0.1, 0.15) is 0 Å². The van der Waals surface area contributed by atoms with Crippen molar-refractivity contribution in [2.45, 2.75) is 19.4 Å². The normalized spacial score (nSPS) is 14.2. The molecule has 1 saturated heterocycles. The number of sulfonamides is 1. The van der Waals surface area contributed by atoms with E-state index >= 15 is 0 Å². The largest absolute Gasteiger partial charge is 0.372 e. The molecule has 0 unspecified atom stereocenters. The second-order valence-corrected chi connectivity index (χ2v) is 8.77. The number of rotatable bonds is 6. The molecule has 8 heteroatoms. The van der Waals surface area contributed by atoms with E-state index in [4.69, 9.17) is 11.6 Å². The topological polar surface area (TPSA) is 78.5 Å². The quantitative estimate of drug-likeness (QED) is 0.770. The molecule has 1 aliphatic rings. The number of anilines is 2. The van der Waals surface area contributed by atoms with Crippen molar-refractivity contribution >= 4 is 38.9 Å². The zero-order chi connectivity index (χ0) is 19.4. The SMILES string of the molecule is CS(=O)(=O)Nc1ccc(C(=O)NCc2ccc(N3CCCC3)cc2)cc1Cl. The third-order valence-electron chi connectivity index (χ3n) is 4.39. The van der Waals surface area contributed by atoms with E-state index in [1.807, 2.05) is 12.1 Å². The average molecular weight is 408 g/mol. The predicted molar refractivity (Wildman–Crippen MR) is 109 cm³/mol. The van der Waals surface area contributed by atoms with E-state index in [9.17, 15) is 13.2 Å². The number of carbonyl (C=O) groups is 1. The maximum absolute atomic E-state index is 12.3. The molecule has 0 bridgehead atoms. The second kappa shape index (κ2) is 8.19. The Hall–Kier alpha value is -2.25. The standard InChI is InChI=1S/C19H22ClN3O3S/c1-27(25,26)22-18-9-6-15(12-17(18)20)19(24)21-13-14-4-7-16(8-5-14)23-10-2-3-11-23/h4-9,12,22H,2-3,10-11,13H2,1H3,(H,21,24). The van der Waals surface area contributed by atoms with E-state index in [1.165, 1.54) is 36.7 Å². The van der Waals surface area contributed by atoms with E-state index in [1.54, 1.807) is 0 Å². The number of nitrogens with zero attached hydrogens (tertiary/aromatic N) is 1. The lowest BCUT2D eigenvalue weighted by atomic mass is 10.1. The average Bonchev–Trinajstić information content (AvgIpc) is 3.15. The van der Waals surface area contributed by atoms with Gasteiger partial charge in [-0.25, -0.2) is 8.42 Å². The Bertz CT molecular complexity index is 924. The molecule has 6 nitrogen and oxygen atoms in total. The Morgan fingerprint density at radius 3 is 2.37 bits per heavy atom. The highest BCUT2D eigenvalue weighted by molar-refractivity contribution is 7.92. The van der Waals surface area contributed by atoms with Crippen LogP contribution in [0.3, 0.4) is 0 Å². The van der Waals surface area contributed by atoms with Gasteiger partial charge in [-0.15, -0.1) is 0 Å². The Kier molecular flexibility index (Phi) is 5.92. The molecule has 0 saturated carbocycles. The first-order valence-corrected chi connectivity index (χ1v) is 11.0. The van der Waals surface area contributed by atoms with E-state index in [-0.39, 0.29) is 16.6 Å². The zero-order valence-electron chi connectivity index (χ0n) is 15.0. The molecule has 2 aromatic rings. The molecule has 0 aromatic heterocycles. The van der Waals surface area contributed by atoms with Gasteiger partial charge >= 0.3 is 0 Å². The molecule has 1 amide bonds. The minimum Gasteiger partial charge on any atom is -0.372 e. The number of halogens is 1. The van der Waals surface area contributed by atoms with Crippen LogP contribution < -0.4 is 14.9 Å². The molecule has 2 N–H and O–H groups in total. The number of hydrogen-bond donors (Lipinski definition) is 2. The summed E-state index contributed by atoms with van der Waals surface area (Å²) in [6.07, 6.45) is 3.51. The summed E-state index contributed by atoms with van der Waals surface area (Å²) in [5.41, 5.74) is 2.83. The highest BCUT2D eigenvalue weighted by Crippen LogP contribution is 2.24. The highest BCUT2D eigenvalue weighted by atomic mass is 35.5. The third-order valence-corrected chi connectivity index (χ3v) is 5.29. The first kappa shape index (κ1) is 19.5. The van der Waals surface area contributed by atoms with Gasteiger partial charge in [0.05, 0.1) is 17.0 Å². The summed E-state index contributed by atoms with van der Waals surface area (Å²) in [5.74, 6) is -0.272. The molecule has 2 aromatic carbocycles. The lowest BCUT2D eigenvalue weighted by Crippen LogP contribution is -2.23. The van der Waals surface area contributed by atoms with Gasteiger partial charge < -0.3 is 10.2 Å². The maximum Gasteiger partial charge on any atom is 0.251 e. The Morgan fingerprint density at radius 2 is 1.78 bits per heavy atom. The predicted octanol–water partition coefficient (Wildman–Crippen LogP) is 3.24. The van der Waals surface area contributed by atoms with Crippen molar-refractivity contribution in [3.8, 4) is 0 Å². The summed E-state index contributed by atoms with van der Waals surface area (Å²) >= 11 is 6.06. The first-order valence-electron chi connectivity index (χ1n) is 8.71. The van der Waals surface area contributed by atoms with Crippen molar-refractivity contribution < 1.29 is 13.2 Å². The van der Waals surface area contributed by atoms with Gasteiger partial charge in [-0.05, 0) is 48.7 Å². The lowest BCUT2D eigenvalue weighted by Gasteiger charge is -2.17. The monoisotopic (exact) mass is 407 g/mol. The summed E-state index contributed by atoms with van der Waals surface area (Å²) in [5, 5.41) is 3.02. The molecule has 3 rings (SSSR count). The van der Waals surface area contributed by atoms with Crippen molar-refractivity contribution in [2.24, 2.45) is 0 Å². The Labute approximate surface area is 164 Å². The molecule has 0 aliphatic carbocycles. The molecule has 1 heterocycles. The minimum absolute atomic E-state index is 0.169. The van der Waals surface area contributed by atoms with Gasteiger partial charge in [-0.3, -0.25) is 9.52 Å². The first-order chi connectivity index (χ1) is 12.8. The minimum atomic E-state index is -3.43.